The molecule has 2 heterocycles. The van der Waals surface area contributed by atoms with Crippen LogP contribution in [0.2, 0.25) is 0 Å². The molecule has 3 rings (SSSR count). The Balaban J connectivity index is 0.00000147. The van der Waals surface area contributed by atoms with Gasteiger partial charge in [0.1, 0.15) is 0 Å². The van der Waals surface area contributed by atoms with Crippen LogP contribution in [0.15, 0.2) is 33.9 Å². The van der Waals surface area contributed by atoms with E-state index < -0.39 is 0 Å². The number of hydrogen-bond donors (Lipinski definition) is 2. The van der Waals surface area contributed by atoms with Crippen molar-refractivity contribution in [3.05, 3.63) is 34.4 Å². The number of rotatable bonds is 3. The van der Waals surface area contributed by atoms with Crippen molar-refractivity contribution >= 4 is 56.8 Å². The lowest BCUT2D eigenvalue weighted by Crippen LogP contribution is -2.36. The van der Waals surface area contributed by atoms with E-state index in [2.05, 4.69) is 61.5 Å². The van der Waals surface area contributed by atoms with Gasteiger partial charge in [0.2, 0.25) is 0 Å². The first-order valence-corrected chi connectivity index (χ1v) is 7.29. The van der Waals surface area contributed by atoms with E-state index in [4.69, 9.17) is 0 Å². The summed E-state index contributed by atoms with van der Waals surface area (Å²) in [4.78, 5) is 9.91. The Bertz CT molecular complexity index is 623. The van der Waals surface area contributed by atoms with Crippen LogP contribution in [0.25, 0.3) is 10.9 Å². The third-order valence-corrected chi connectivity index (χ3v) is 4.13. The molecule has 0 fully saturated rings. The third kappa shape index (κ3) is 3.11. The molecule has 108 valence electrons. The summed E-state index contributed by atoms with van der Waals surface area (Å²) in [5, 5.41) is 4.68. The molecule has 0 bridgehead atoms. The van der Waals surface area contributed by atoms with Gasteiger partial charge in [0, 0.05) is 41.7 Å². The molecule has 4 nitrogen and oxygen atoms in total. The average molecular weight is 449 g/mol. The summed E-state index contributed by atoms with van der Waals surface area (Å²) in [5.74, 6) is 1.01. The molecule has 0 amide bonds. The molecule has 0 atom stereocenters. The van der Waals surface area contributed by atoms with Crippen LogP contribution in [0.3, 0.4) is 0 Å². The number of benzene rings is 1. The van der Waals surface area contributed by atoms with E-state index in [0.717, 1.165) is 36.5 Å². The summed E-state index contributed by atoms with van der Waals surface area (Å²) >= 11 is 3.62. The average Bonchev–Trinajstić information content (AvgIpc) is 2.98. The van der Waals surface area contributed by atoms with Crippen molar-refractivity contribution < 1.29 is 0 Å². The largest absolute Gasteiger partial charge is 0.361 e. The van der Waals surface area contributed by atoms with Gasteiger partial charge in [-0.2, -0.15) is 0 Å². The normalized spacial score (nSPS) is 14.3. The number of hydrogen-bond acceptors (Lipinski definition) is 3. The maximum absolute atomic E-state index is 4.43. The maximum Gasteiger partial charge on any atom is 0.193 e. The minimum absolute atomic E-state index is 0. The van der Waals surface area contributed by atoms with Crippen molar-refractivity contribution in [1.82, 2.24) is 15.2 Å². The Morgan fingerprint density at radius 1 is 1.45 bits per heavy atom. The lowest BCUT2D eigenvalue weighted by Gasteiger charge is -2.14. The molecule has 0 aliphatic carbocycles. The van der Waals surface area contributed by atoms with Crippen molar-refractivity contribution in [2.24, 2.45) is 4.99 Å². The van der Waals surface area contributed by atoms with Gasteiger partial charge in [-0.05, 0) is 24.1 Å². The molecule has 0 saturated carbocycles. The molecule has 1 aliphatic heterocycles. The van der Waals surface area contributed by atoms with Crippen molar-refractivity contribution in [1.29, 1.82) is 0 Å². The van der Waals surface area contributed by atoms with Gasteiger partial charge in [-0.1, -0.05) is 22.0 Å². The van der Waals surface area contributed by atoms with Crippen molar-refractivity contribution in [2.45, 2.75) is 6.42 Å². The molecule has 0 spiro atoms. The number of aromatic amines is 1. The Morgan fingerprint density at radius 2 is 2.30 bits per heavy atom. The van der Waals surface area contributed by atoms with E-state index in [1.54, 1.807) is 0 Å². The van der Waals surface area contributed by atoms with Gasteiger partial charge in [-0.25, -0.2) is 0 Å². The SMILES string of the molecule is CN1CCN=C1NCCc1c[nH]c2cccc(Br)c12.I. The van der Waals surface area contributed by atoms with Crippen molar-refractivity contribution in [2.75, 3.05) is 26.7 Å². The zero-order chi connectivity index (χ0) is 13.2. The molecule has 6 heteroatoms. The zero-order valence-corrected chi connectivity index (χ0v) is 15.2. The van der Waals surface area contributed by atoms with Gasteiger partial charge in [0.25, 0.3) is 0 Å². The second kappa shape index (κ2) is 6.80. The fourth-order valence-electron chi connectivity index (χ4n) is 2.44. The summed E-state index contributed by atoms with van der Waals surface area (Å²) < 4.78 is 1.15. The van der Waals surface area contributed by atoms with Crippen LogP contribution in [0.1, 0.15) is 5.56 Å². The molecule has 0 saturated heterocycles. The van der Waals surface area contributed by atoms with Crippen LogP contribution < -0.4 is 5.32 Å². The first-order chi connectivity index (χ1) is 9.25. The summed E-state index contributed by atoms with van der Waals surface area (Å²) in [5.41, 5.74) is 2.51. The fraction of sp³-hybridized carbons (Fsp3) is 0.357. The van der Waals surface area contributed by atoms with E-state index in [0.29, 0.717) is 0 Å². The quantitative estimate of drug-likeness (QED) is 0.709. The van der Waals surface area contributed by atoms with Crippen LogP contribution in [-0.2, 0) is 6.42 Å². The number of fused-ring (bicyclic) bond motifs is 1. The Kier molecular flexibility index (Phi) is 5.31. The number of H-pyrrole nitrogens is 1. The van der Waals surface area contributed by atoms with E-state index in [1.807, 2.05) is 6.07 Å². The second-order valence-corrected chi connectivity index (χ2v) is 5.63. The first kappa shape index (κ1) is 15.6. The number of aliphatic imine (C=N–C) groups is 1. The predicted molar refractivity (Wildman–Crippen MR) is 98.1 cm³/mol. The fourth-order valence-corrected chi connectivity index (χ4v) is 3.06. The molecule has 20 heavy (non-hydrogen) atoms. The van der Waals surface area contributed by atoms with Gasteiger partial charge in [-0.15, -0.1) is 24.0 Å². The highest BCUT2D eigenvalue weighted by molar-refractivity contribution is 14.0. The van der Waals surface area contributed by atoms with Gasteiger partial charge < -0.3 is 15.2 Å². The van der Waals surface area contributed by atoms with Crippen LogP contribution in [0, 0.1) is 0 Å². The molecule has 1 aromatic carbocycles. The molecule has 2 N–H and O–H groups in total. The Labute approximate surface area is 144 Å². The molecule has 1 aromatic heterocycles. The minimum Gasteiger partial charge on any atom is -0.361 e. The summed E-state index contributed by atoms with van der Waals surface area (Å²) in [6.07, 6.45) is 3.08. The number of aromatic nitrogens is 1. The minimum atomic E-state index is 0. The molecule has 1 aliphatic rings. The van der Waals surface area contributed by atoms with Gasteiger partial charge in [0.15, 0.2) is 5.96 Å². The standard InChI is InChI=1S/C14H17BrN4.HI/c1-19-8-7-17-14(19)16-6-5-10-9-18-12-4-2-3-11(15)13(10)12;/h2-4,9,18H,5-8H2,1H3,(H,16,17);1H. The second-order valence-electron chi connectivity index (χ2n) is 4.78. The lowest BCUT2D eigenvalue weighted by molar-refractivity contribution is 0.534. The summed E-state index contributed by atoms with van der Waals surface area (Å²) in [6.45, 7) is 2.82. The molecular formula is C14H18BrIN4. The van der Waals surface area contributed by atoms with Gasteiger partial charge in [0.05, 0.1) is 6.54 Å². The van der Waals surface area contributed by atoms with Gasteiger partial charge >= 0.3 is 0 Å². The van der Waals surface area contributed by atoms with Crippen LogP contribution in [0.4, 0.5) is 0 Å². The monoisotopic (exact) mass is 448 g/mol. The Morgan fingerprint density at radius 3 is 3.05 bits per heavy atom. The van der Waals surface area contributed by atoms with Crippen molar-refractivity contribution in [3.8, 4) is 0 Å². The third-order valence-electron chi connectivity index (χ3n) is 3.47. The van der Waals surface area contributed by atoms with E-state index in [9.17, 15) is 0 Å². The van der Waals surface area contributed by atoms with E-state index in [1.165, 1.54) is 16.5 Å². The molecule has 0 radical (unpaired) electrons. The molecule has 0 unspecified atom stereocenters. The number of nitrogens with one attached hydrogen (secondary N) is 2. The number of likely N-dealkylation sites (N-methyl/N-ethyl adjacent to an activating group) is 1. The van der Waals surface area contributed by atoms with Crippen LogP contribution in [0.5, 0.6) is 0 Å². The smallest absolute Gasteiger partial charge is 0.193 e. The Hall–Kier alpha value is -0.760. The highest BCUT2D eigenvalue weighted by Crippen LogP contribution is 2.26. The predicted octanol–water partition coefficient (Wildman–Crippen LogP) is 2.98. The maximum atomic E-state index is 4.43. The number of halogens is 2. The number of nitrogens with zero attached hydrogens (tertiary/aromatic N) is 2. The van der Waals surface area contributed by atoms with Crippen LogP contribution in [-0.4, -0.2) is 42.5 Å². The highest BCUT2D eigenvalue weighted by atomic mass is 127. The molecule has 2 aromatic rings. The summed E-state index contributed by atoms with van der Waals surface area (Å²) in [7, 11) is 2.07. The van der Waals surface area contributed by atoms with E-state index in [-0.39, 0.29) is 24.0 Å². The number of guanidine groups is 1. The van der Waals surface area contributed by atoms with Crippen molar-refractivity contribution in [3.63, 3.8) is 0 Å². The van der Waals surface area contributed by atoms with Crippen LogP contribution >= 0.6 is 39.9 Å². The lowest BCUT2D eigenvalue weighted by atomic mass is 10.1. The first-order valence-electron chi connectivity index (χ1n) is 6.49. The zero-order valence-electron chi connectivity index (χ0n) is 11.3. The van der Waals surface area contributed by atoms with E-state index >= 15 is 0 Å². The topological polar surface area (TPSA) is 43.4 Å². The molecular weight excluding hydrogens is 431 g/mol. The summed E-state index contributed by atoms with van der Waals surface area (Å²) in [6, 6.07) is 6.24. The van der Waals surface area contributed by atoms with Gasteiger partial charge in [-0.3, -0.25) is 4.99 Å². The highest BCUT2D eigenvalue weighted by Gasteiger charge is 2.12.